The van der Waals surface area contributed by atoms with Gasteiger partial charge < -0.3 is 15.3 Å². The fourth-order valence-corrected chi connectivity index (χ4v) is 2.80. The highest BCUT2D eigenvalue weighted by Crippen LogP contribution is 2.22. The van der Waals surface area contributed by atoms with Gasteiger partial charge in [-0.2, -0.15) is 0 Å². The van der Waals surface area contributed by atoms with Crippen LogP contribution in [0.15, 0.2) is 24.3 Å². The van der Waals surface area contributed by atoms with E-state index in [1.54, 1.807) is 4.90 Å². The van der Waals surface area contributed by atoms with Crippen LogP contribution in [0.4, 0.5) is 4.79 Å². The summed E-state index contributed by atoms with van der Waals surface area (Å²) in [5, 5.41) is 12.6. The third-order valence-corrected chi connectivity index (χ3v) is 4.13. The van der Waals surface area contributed by atoms with Gasteiger partial charge in [0.05, 0.1) is 12.6 Å². The Morgan fingerprint density at radius 2 is 2.00 bits per heavy atom. The van der Waals surface area contributed by atoms with Crippen molar-refractivity contribution in [2.24, 2.45) is 0 Å². The minimum atomic E-state index is -0.123. The third kappa shape index (κ3) is 4.33. The van der Waals surface area contributed by atoms with Crippen LogP contribution < -0.4 is 5.32 Å². The normalized spacial score (nSPS) is 17.6. The first-order valence-corrected chi connectivity index (χ1v) is 7.62. The van der Waals surface area contributed by atoms with Crippen LogP contribution in [0.5, 0.6) is 0 Å². The minimum Gasteiger partial charge on any atom is -0.395 e. The van der Waals surface area contributed by atoms with Gasteiger partial charge in [-0.15, -0.1) is 0 Å². The molecular weight excluding hydrogens is 290 g/mol. The Kier molecular flexibility index (Phi) is 5.85. The van der Waals surface area contributed by atoms with E-state index in [-0.39, 0.29) is 18.7 Å². The van der Waals surface area contributed by atoms with E-state index in [0.29, 0.717) is 24.7 Å². The van der Waals surface area contributed by atoms with Gasteiger partial charge in [0.1, 0.15) is 0 Å². The molecule has 1 fully saturated rings. The summed E-state index contributed by atoms with van der Waals surface area (Å²) in [7, 11) is 0. The van der Waals surface area contributed by atoms with E-state index in [9.17, 15) is 4.79 Å². The molecule has 6 heteroatoms. The van der Waals surface area contributed by atoms with Crippen LogP contribution in [0.3, 0.4) is 0 Å². The first kappa shape index (κ1) is 16.1. The predicted molar refractivity (Wildman–Crippen MR) is 83.5 cm³/mol. The number of hydrogen-bond acceptors (Lipinski definition) is 3. The zero-order valence-corrected chi connectivity index (χ0v) is 13.0. The van der Waals surface area contributed by atoms with Gasteiger partial charge >= 0.3 is 6.03 Å². The lowest BCUT2D eigenvalue weighted by atomic mass is 10.1. The van der Waals surface area contributed by atoms with Crippen molar-refractivity contribution in [3.8, 4) is 0 Å². The van der Waals surface area contributed by atoms with E-state index in [1.165, 1.54) is 0 Å². The minimum absolute atomic E-state index is 0.0638. The molecule has 0 aliphatic carbocycles. The first-order chi connectivity index (χ1) is 10.1. The molecule has 1 aliphatic rings. The van der Waals surface area contributed by atoms with Crippen molar-refractivity contribution in [3.63, 3.8) is 0 Å². The van der Waals surface area contributed by atoms with E-state index in [4.69, 9.17) is 16.7 Å². The van der Waals surface area contributed by atoms with Gasteiger partial charge in [0, 0.05) is 37.7 Å². The number of carbonyl (C=O) groups excluding carboxylic acids is 1. The number of piperazine rings is 1. The number of β-amino-alcohol motifs (C(OH)–C–C–N with tert-alkyl or cyclic N) is 1. The zero-order valence-electron chi connectivity index (χ0n) is 12.3. The molecule has 2 amide bonds. The summed E-state index contributed by atoms with van der Waals surface area (Å²) in [5.41, 5.74) is 0.923. The molecule has 2 rings (SSSR count). The van der Waals surface area contributed by atoms with Gasteiger partial charge in [-0.1, -0.05) is 29.8 Å². The third-order valence-electron chi connectivity index (χ3n) is 3.79. The highest BCUT2D eigenvalue weighted by atomic mass is 35.5. The zero-order chi connectivity index (χ0) is 15.2. The van der Waals surface area contributed by atoms with Crippen LogP contribution in [0, 0.1) is 0 Å². The number of rotatable bonds is 4. The number of nitrogens with one attached hydrogen (secondary N) is 1. The van der Waals surface area contributed by atoms with Crippen molar-refractivity contribution in [3.05, 3.63) is 34.9 Å². The Labute approximate surface area is 130 Å². The number of amides is 2. The maximum absolute atomic E-state index is 12.3. The summed E-state index contributed by atoms with van der Waals surface area (Å²) in [4.78, 5) is 16.2. The monoisotopic (exact) mass is 311 g/mol. The van der Waals surface area contributed by atoms with Gasteiger partial charge in [0.25, 0.3) is 0 Å². The average molecular weight is 312 g/mol. The Morgan fingerprint density at radius 3 is 2.62 bits per heavy atom. The number of urea groups is 1. The summed E-state index contributed by atoms with van der Waals surface area (Å²) >= 11 is 6.15. The number of halogens is 1. The molecule has 1 atom stereocenters. The topological polar surface area (TPSA) is 55.8 Å². The number of carbonyl (C=O) groups is 1. The molecule has 1 heterocycles. The molecule has 21 heavy (non-hydrogen) atoms. The van der Waals surface area contributed by atoms with Crippen molar-refractivity contribution in [1.82, 2.24) is 15.1 Å². The van der Waals surface area contributed by atoms with E-state index < -0.39 is 0 Å². The Morgan fingerprint density at radius 1 is 1.33 bits per heavy atom. The number of hydrogen-bond donors (Lipinski definition) is 2. The van der Waals surface area contributed by atoms with Gasteiger partial charge in [-0.05, 0) is 18.6 Å². The predicted octanol–water partition coefficient (Wildman–Crippen LogP) is 1.72. The smallest absolute Gasteiger partial charge is 0.317 e. The summed E-state index contributed by atoms with van der Waals surface area (Å²) in [6.07, 6.45) is 0. The molecular formula is C15H22ClN3O2. The van der Waals surface area contributed by atoms with Crippen molar-refractivity contribution < 1.29 is 9.90 Å². The maximum Gasteiger partial charge on any atom is 0.317 e. The molecule has 0 spiro atoms. The largest absolute Gasteiger partial charge is 0.395 e. The second-order valence-corrected chi connectivity index (χ2v) is 5.65. The molecule has 1 aromatic rings. The highest BCUT2D eigenvalue weighted by Gasteiger charge is 2.22. The second kappa shape index (κ2) is 7.64. The SMILES string of the molecule is C[C@H](NC(=O)N1CCN(CCO)CC1)c1ccccc1Cl. The van der Waals surface area contributed by atoms with E-state index >= 15 is 0 Å². The molecule has 0 bridgehead atoms. The maximum atomic E-state index is 12.3. The van der Waals surface area contributed by atoms with Gasteiger partial charge in [-0.3, -0.25) is 4.90 Å². The van der Waals surface area contributed by atoms with E-state index in [1.807, 2.05) is 31.2 Å². The molecule has 1 aliphatic heterocycles. The lowest BCUT2D eigenvalue weighted by Crippen LogP contribution is -2.52. The molecule has 0 radical (unpaired) electrons. The molecule has 2 N–H and O–H groups in total. The molecule has 0 saturated carbocycles. The average Bonchev–Trinajstić information content (AvgIpc) is 2.48. The van der Waals surface area contributed by atoms with Crippen LogP contribution in [0.1, 0.15) is 18.5 Å². The Balaban J connectivity index is 1.86. The highest BCUT2D eigenvalue weighted by molar-refractivity contribution is 6.31. The standard InChI is InChI=1S/C15H22ClN3O2/c1-12(13-4-2-3-5-14(13)16)17-15(21)19-8-6-18(7-9-19)10-11-20/h2-5,12,20H,6-11H2,1H3,(H,17,21)/t12-/m0/s1. The lowest BCUT2D eigenvalue weighted by molar-refractivity contribution is 0.121. The lowest BCUT2D eigenvalue weighted by Gasteiger charge is -2.35. The van der Waals surface area contributed by atoms with Crippen molar-refractivity contribution in [1.29, 1.82) is 0 Å². The Hall–Kier alpha value is -1.30. The van der Waals surface area contributed by atoms with Gasteiger partial charge in [0.15, 0.2) is 0 Å². The van der Waals surface area contributed by atoms with Crippen molar-refractivity contribution >= 4 is 17.6 Å². The molecule has 0 unspecified atom stereocenters. The fourth-order valence-electron chi connectivity index (χ4n) is 2.50. The van der Waals surface area contributed by atoms with E-state index in [0.717, 1.165) is 18.7 Å². The summed E-state index contributed by atoms with van der Waals surface area (Å²) in [5.74, 6) is 0. The van der Waals surface area contributed by atoms with Gasteiger partial charge in [0.2, 0.25) is 0 Å². The van der Waals surface area contributed by atoms with Crippen LogP contribution in [-0.2, 0) is 0 Å². The summed E-state index contributed by atoms with van der Waals surface area (Å²) in [6.45, 7) is 5.73. The molecule has 1 aromatic carbocycles. The second-order valence-electron chi connectivity index (χ2n) is 5.24. The van der Waals surface area contributed by atoms with Gasteiger partial charge in [-0.25, -0.2) is 4.79 Å². The number of nitrogens with zero attached hydrogens (tertiary/aromatic N) is 2. The molecule has 5 nitrogen and oxygen atoms in total. The number of benzene rings is 1. The van der Waals surface area contributed by atoms with Crippen LogP contribution in [0.25, 0.3) is 0 Å². The first-order valence-electron chi connectivity index (χ1n) is 7.25. The quantitative estimate of drug-likeness (QED) is 0.890. The van der Waals surface area contributed by atoms with Crippen LogP contribution >= 0.6 is 11.6 Å². The summed E-state index contributed by atoms with van der Waals surface area (Å²) < 4.78 is 0. The fraction of sp³-hybridized carbons (Fsp3) is 0.533. The van der Waals surface area contributed by atoms with E-state index in [2.05, 4.69) is 10.2 Å². The molecule has 0 aromatic heterocycles. The van der Waals surface area contributed by atoms with Crippen LogP contribution in [0.2, 0.25) is 5.02 Å². The summed E-state index contributed by atoms with van der Waals surface area (Å²) in [6, 6.07) is 7.35. The Bertz CT molecular complexity index is 476. The number of aliphatic hydroxyl groups excluding tert-OH is 1. The number of aliphatic hydroxyl groups is 1. The molecule has 1 saturated heterocycles. The van der Waals surface area contributed by atoms with Crippen molar-refractivity contribution in [2.45, 2.75) is 13.0 Å². The molecule has 116 valence electrons. The van der Waals surface area contributed by atoms with Crippen molar-refractivity contribution in [2.75, 3.05) is 39.3 Å². The van der Waals surface area contributed by atoms with Crippen LogP contribution in [-0.4, -0.2) is 60.3 Å².